The molecule has 0 aliphatic heterocycles. The molecule has 2 heterocycles. The maximum absolute atomic E-state index is 10.0. The second-order valence-corrected chi connectivity index (χ2v) is 11.3. The first-order valence-corrected chi connectivity index (χ1v) is 13.2. The van der Waals surface area contributed by atoms with Crippen molar-refractivity contribution >= 4 is 27.7 Å². The molecule has 1 N–H and O–H groups in total. The van der Waals surface area contributed by atoms with Crippen LogP contribution in [0.4, 0.5) is 0 Å². The fourth-order valence-corrected chi connectivity index (χ4v) is 6.09. The smallest absolute Gasteiger partial charge is 0.155 e. The number of furan rings is 1. The number of aromatic nitrogens is 1. The van der Waals surface area contributed by atoms with Gasteiger partial charge in [0.25, 0.3) is 0 Å². The molecule has 207 valence electrons. The van der Waals surface area contributed by atoms with E-state index < -0.39 is 0 Å². The fourth-order valence-electron chi connectivity index (χ4n) is 6.09. The van der Waals surface area contributed by atoms with E-state index in [1.54, 1.807) is 0 Å². The van der Waals surface area contributed by atoms with Crippen molar-refractivity contribution in [3.63, 3.8) is 0 Å². The molecule has 0 fully saturated rings. The van der Waals surface area contributed by atoms with Gasteiger partial charge >= 0.3 is 0 Å². The van der Waals surface area contributed by atoms with E-state index in [-0.39, 0.29) is 37.1 Å². The normalized spacial score (nSPS) is 13.3. The van der Waals surface area contributed by atoms with Crippen LogP contribution in [0.1, 0.15) is 61.1 Å². The number of ketones is 1. The third kappa shape index (κ3) is 5.05. The van der Waals surface area contributed by atoms with Crippen LogP contribution >= 0.6 is 0 Å². The summed E-state index contributed by atoms with van der Waals surface area (Å²) in [5.41, 5.74) is 12.6. The number of nitrogens with zero attached hydrogens (tertiary/aromatic N) is 1. The van der Waals surface area contributed by atoms with E-state index in [1.165, 1.54) is 64.1 Å². The van der Waals surface area contributed by atoms with Crippen LogP contribution in [0.15, 0.2) is 64.8 Å². The molecule has 0 spiro atoms. The molecule has 0 saturated heterocycles. The van der Waals surface area contributed by atoms with Gasteiger partial charge in [0, 0.05) is 42.5 Å². The molecule has 4 nitrogen and oxygen atoms in total. The Bertz CT molecular complexity index is 1820. The molecule has 5 aromatic rings. The van der Waals surface area contributed by atoms with E-state index >= 15 is 0 Å². The van der Waals surface area contributed by atoms with Crippen LogP contribution in [0.3, 0.4) is 0 Å². The topological polar surface area (TPSA) is 63.3 Å². The summed E-state index contributed by atoms with van der Waals surface area (Å²) >= 11 is 0. The first-order chi connectivity index (χ1) is 18.4. The van der Waals surface area contributed by atoms with Crippen molar-refractivity contribution in [2.24, 2.45) is 0 Å². The predicted octanol–water partition coefficient (Wildman–Crippen LogP) is 9.02. The number of benzene rings is 3. The van der Waals surface area contributed by atoms with E-state index in [2.05, 4.69) is 90.1 Å². The van der Waals surface area contributed by atoms with Gasteiger partial charge in [-0.1, -0.05) is 43.2 Å². The maximum atomic E-state index is 10.0. The minimum Gasteiger partial charge on any atom is -0.512 e. The van der Waals surface area contributed by atoms with Crippen LogP contribution in [0, 0.1) is 33.8 Å². The van der Waals surface area contributed by atoms with Crippen LogP contribution in [0.5, 0.6) is 0 Å². The summed E-state index contributed by atoms with van der Waals surface area (Å²) in [6.45, 7) is 16.1. The molecule has 0 amide bonds. The Morgan fingerprint density at radius 3 is 2.30 bits per heavy atom. The fraction of sp³-hybridized carbons (Fsp3) is 0.257. The average Bonchev–Trinajstić information content (AvgIpc) is 3.31. The van der Waals surface area contributed by atoms with Gasteiger partial charge in [0.05, 0.1) is 11.3 Å². The second-order valence-electron chi connectivity index (χ2n) is 11.3. The zero-order valence-electron chi connectivity index (χ0n) is 24.2. The summed E-state index contributed by atoms with van der Waals surface area (Å²) in [5, 5.41) is 10.8. The molecule has 1 radical (unpaired) electrons. The first kappa shape index (κ1) is 29.5. The second kappa shape index (κ2) is 10.8. The Labute approximate surface area is 249 Å². The number of carbonyl (C=O) groups excluding carboxylic acids is 1. The Hall–Kier alpha value is -3.53. The molecule has 0 unspecified atom stereocenters. The van der Waals surface area contributed by atoms with Crippen LogP contribution in [-0.2, 0) is 30.3 Å². The Morgan fingerprint density at radius 1 is 0.950 bits per heavy atom. The monoisotopic (exact) mass is 709 g/mol. The third-order valence-electron chi connectivity index (χ3n) is 7.45. The molecule has 40 heavy (non-hydrogen) atoms. The van der Waals surface area contributed by atoms with Crippen molar-refractivity contribution < 1.29 is 34.4 Å². The summed E-state index contributed by atoms with van der Waals surface area (Å²) in [4.78, 5) is 15.2. The van der Waals surface area contributed by atoms with Crippen molar-refractivity contribution in [3.8, 4) is 22.6 Å². The van der Waals surface area contributed by atoms with E-state index in [0.29, 0.717) is 0 Å². The number of pyridine rings is 1. The number of aliphatic hydroxyl groups excluding tert-OH is 1. The van der Waals surface area contributed by atoms with Crippen LogP contribution in [-0.4, -0.2) is 15.9 Å². The average molecular weight is 709 g/mol. The third-order valence-corrected chi connectivity index (χ3v) is 7.45. The number of carbonyl (C=O) groups is 1. The number of rotatable bonds is 2. The zero-order chi connectivity index (χ0) is 28.2. The predicted molar refractivity (Wildman–Crippen MR) is 159 cm³/mol. The molecule has 6 rings (SSSR count). The van der Waals surface area contributed by atoms with Crippen molar-refractivity contribution in [2.45, 2.75) is 60.8 Å². The number of hydrogen-bond donors (Lipinski definition) is 1. The van der Waals surface area contributed by atoms with E-state index in [1.807, 2.05) is 6.07 Å². The summed E-state index contributed by atoms with van der Waals surface area (Å²) in [5.74, 6) is 0.928. The SMILES string of the molecule is CC(=O)/C=C(/C)O.Cc1cc(C)c2c(C)cc(-c3[c-]ccc4c3C(C)(C)c3c-4oc4ccc(C)cc34)nc2c1.[Ir]. The van der Waals surface area contributed by atoms with Crippen molar-refractivity contribution in [2.75, 3.05) is 0 Å². The van der Waals surface area contributed by atoms with Gasteiger partial charge in [0.2, 0.25) is 0 Å². The van der Waals surface area contributed by atoms with Gasteiger partial charge < -0.3 is 9.52 Å². The Balaban J connectivity index is 0.000000413. The van der Waals surface area contributed by atoms with Gasteiger partial charge in [0.15, 0.2) is 5.78 Å². The zero-order valence-corrected chi connectivity index (χ0v) is 26.6. The molecule has 1 aliphatic rings. The van der Waals surface area contributed by atoms with Crippen molar-refractivity contribution in [1.82, 2.24) is 4.98 Å². The largest absolute Gasteiger partial charge is 0.512 e. The van der Waals surface area contributed by atoms with Crippen molar-refractivity contribution in [3.05, 3.63) is 99.8 Å². The minimum absolute atomic E-state index is 0. The van der Waals surface area contributed by atoms with Crippen LogP contribution in [0.25, 0.3) is 44.5 Å². The number of aliphatic hydroxyl groups is 1. The Morgan fingerprint density at radius 2 is 1.65 bits per heavy atom. The molecular formula is C35H34IrNO3-. The standard InChI is InChI=1S/C30H26NO.C5H8O2.Ir/c1-16-10-11-25-22(13-16)28-29(32-25)21-9-7-8-20(27(21)30(28,5)6)23-15-19(4)26-18(3)12-17(2)14-24(26)31-23;1-4(6)3-5(2)7;/h7,9-15H,1-6H3;3,6H,1-2H3;/q-1;;/b;4-3-;. The van der Waals surface area contributed by atoms with Gasteiger partial charge in [-0.3, -0.25) is 9.78 Å². The summed E-state index contributed by atoms with van der Waals surface area (Å²) < 4.78 is 6.41. The minimum atomic E-state index is -0.204. The number of aryl methyl sites for hydroxylation is 4. The van der Waals surface area contributed by atoms with Gasteiger partial charge in [-0.25, -0.2) is 0 Å². The molecular weight excluding hydrogens is 675 g/mol. The van der Waals surface area contributed by atoms with Gasteiger partial charge in [-0.2, -0.15) is 0 Å². The molecule has 0 bridgehead atoms. The van der Waals surface area contributed by atoms with Crippen LogP contribution < -0.4 is 0 Å². The van der Waals surface area contributed by atoms with E-state index in [0.717, 1.165) is 33.7 Å². The molecule has 1 aliphatic carbocycles. The summed E-state index contributed by atoms with van der Waals surface area (Å²) in [6.07, 6.45) is 1.17. The van der Waals surface area contributed by atoms with Gasteiger partial charge in [0.1, 0.15) is 11.3 Å². The van der Waals surface area contributed by atoms with Crippen LogP contribution in [0.2, 0.25) is 0 Å². The molecule has 0 atom stereocenters. The maximum Gasteiger partial charge on any atom is 0.155 e. The molecule has 5 heteroatoms. The number of fused-ring (bicyclic) bond motifs is 6. The van der Waals surface area contributed by atoms with Gasteiger partial charge in [-0.15, -0.1) is 29.3 Å². The van der Waals surface area contributed by atoms with Crippen molar-refractivity contribution in [1.29, 1.82) is 0 Å². The number of hydrogen-bond acceptors (Lipinski definition) is 4. The molecule has 2 aromatic heterocycles. The first-order valence-electron chi connectivity index (χ1n) is 13.2. The summed E-state index contributed by atoms with van der Waals surface area (Å²) in [7, 11) is 0. The Kier molecular flexibility index (Phi) is 7.95. The van der Waals surface area contributed by atoms with E-state index in [9.17, 15) is 4.79 Å². The van der Waals surface area contributed by atoms with Gasteiger partial charge in [-0.05, 0) is 87.5 Å². The van der Waals surface area contributed by atoms with E-state index in [4.69, 9.17) is 14.5 Å². The quantitative estimate of drug-likeness (QED) is 0.113. The molecule has 3 aromatic carbocycles. The molecule has 0 saturated carbocycles. The summed E-state index contributed by atoms with van der Waals surface area (Å²) in [6, 6.07) is 20.8. The number of allylic oxidation sites excluding steroid dienone is 2.